The van der Waals surface area contributed by atoms with Gasteiger partial charge < -0.3 is 9.13 Å². The highest BCUT2D eigenvalue weighted by Gasteiger charge is 2.35. The Kier molecular flexibility index (Phi) is 9.17. The van der Waals surface area contributed by atoms with Gasteiger partial charge in [-0.1, -0.05) is 190 Å². The number of aromatic nitrogens is 5. The van der Waals surface area contributed by atoms with E-state index in [1.165, 1.54) is 60.4 Å². The number of rotatable bonds is 7. The van der Waals surface area contributed by atoms with E-state index in [9.17, 15) is 0 Å². The molecular weight excluding hydrogens is 863 g/mol. The summed E-state index contributed by atoms with van der Waals surface area (Å²) in [5, 5.41) is 4.91. The van der Waals surface area contributed by atoms with Crippen molar-refractivity contribution in [2.24, 2.45) is 0 Å². The van der Waals surface area contributed by atoms with Crippen LogP contribution in [0.3, 0.4) is 0 Å². The summed E-state index contributed by atoms with van der Waals surface area (Å²) >= 11 is 0. The van der Waals surface area contributed by atoms with Crippen LogP contribution in [0.25, 0.3) is 123 Å². The molecule has 0 fully saturated rings. The van der Waals surface area contributed by atoms with Gasteiger partial charge in [-0.15, -0.1) is 0 Å². The number of nitrogens with zero attached hydrogens (tertiary/aromatic N) is 5. The van der Waals surface area contributed by atoms with Crippen molar-refractivity contribution in [3.8, 4) is 78.9 Å². The highest BCUT2D eigenvalue weighted by Crippen LogP contribution is 2.49. The molecule has 10 aromatic carbocycles. The monoisotopic (exact) mass is 907 g/mol. The van der Waals surface area contributed by atoms with Crippen molar-refractivity contribution in [3.63, 3.8) is 0 Å². The number of hydrogen-bond acceptors (Lipinski definition) is 3. The van der Waals surface area contributed by atoms with E-state index < -0.39 is 0 Å². The molecule has 0 bridgehead atoms. The van der Waals surface area contributed by atoms with Crippen LogP contribution in [0.4, 0.5) is 0 Å². The Bertz CT molecular complexity index is 4260. The van der Waals surface area contributed by atoms with Crippen LogP contribution in [0.2, 0.25) is 0 Å². The summed E-state index contributed by atoms with van der Waals surface area (Å²) in [5.41, 5.74) is 19.3. The van der Waals surface area contributed by atoms with Gasteiger partial charge in [-0.25, -0.2) is 15.0 Å². The Morgan fingerprint density at radius 1 is 0.282 bits per heavy atom. The smallest absolute Gasteiger partial charge is 0.164 e. The van der Waals surface area contributed by atoms with Crippen LogP contribution in [0.5, 0.6) is 0 Å². The van der Waals surface area contributed by atoms with Crippen LogP contribution in [0, 0.1) is 0 Å². The van der Waals surface area contributed by atoms with Crippen molar-refractivity contribution >= 4 is 43.6 Å². The third-order valence-corrected chi connectivity index (χ3v) is 14.8. The summed E-state index contributed by atoms with van der Waals surface area (Å²) in [6, 6.07) is 85.1. The van der Waals surface area contributed by atoms with Crippen molar-refractivity contribution in [1.29, 1.82) is 0 Å². The van der Waals surface area contributed by atoms with E-state index in [0.717, 1.165) is 55.8 Å². The lowest BCUT2D eigenvalue weighted by atomic mass is 9.82. The summed E-state index contributed by atoms with van der Waals surface area (Å²) in [5.74, 6) is 1.93. The lowest BCUT2D eigenvalue weighted by molar-refractivity contribution is 0.660. The second-order valence-corrected chi connectivity index (χ2v) is 19.2. The SMILES string of the molecule is CC1(C)c2ccccc2-c2ccc(-c3nc(-c4ccccc4)nc(-c4cccc(-c5ccc6c7ccccc7n(-c7cccc(-c8ccc9c%10ccccc%10n(-c%10ccccc%10)c9c8)c7)c6c5)c4)n3)cc21. The molecule has 71 heavy (non-hydrogen) atoms. The summed E-state index contributed by atoms with van der Waals surface area (Å²) in [7, 11) is 0. The van der Waals surface area contributed by atoms with Gasteiger partial charge in [-0.2, -0.15) is 0 Å². The van der Waals surface area contributed by atoms with E-state index in [0.29, 0.717) is 17.5 Å². The summed E-state index contributed by atoms with van der Waals surface area (Å²) < 4.78 is 4.80. The van der Waals surface area contributed by atoms with Crippen LogP contribution >= 0.6 is 0 Å². The highest BCUT2D eigenvalue weighted by atomic mass is 15.0. The maximum absolute atomic E-state index is 5.24. The average Bonchev–Trinajstić information content (AvgIpc) is 4.03. The van der Waals surface area contributed by atoms with Crippen molar-refractivity contribution in [1.82, 2.24) is 24.1 Å². The molecule has 0 radical (unpaired) electrons. The molecule has 3 heterocycles. The summed E-state index contributed by atoms with van der Waals surface area (Å²) in [4.78, 5) is 15.5. The number of hydrogen-bond donors (Lipinski definition) is 0. The van der Waals surface area contributed by atoms with Crippen molar-refractivity contribution in [2.45, 2.75) is 19.3 Å². The third kappa shape index (κ3) is 6.58. The third-order valence-electron chi connectivity index (χ3n) is 14.8. The van der Waals surface area contributed by atoms with Crippen LogP contribution in [0.15, 0.2) is 237 Å². The Hall–Kier alpha value is -9.19. The highest BCUT2D eigenvalue weighted by molar-refractivity contribution is 6.11. The fraction of sp³-hybridized carbons (Fsp3) is 0.0455. The molecule has 0 saturated carbocycles. The molecule has 1 aliphatic rings. The van der Waals surface area contributed by atoms with Crippen molar-refractivity contribution < 1.29 is 0 Å². The van der Waals surface area contributed by atoms with E-state index in [1.54, 1.807) is 0 Å². The molecule has 0 aliphatic heterocycles. The molecule has 5 nitrogen and oxygen atoms in total. The normalized spacial score (nSPS) is 12.8. The average molecular weight is 908 g/mol. The molecule has 0 amide bonds. The molecule has 0 N–H and O–H groups in total. The van der Waals surface area contributed by atoms with Gasteiger partial charge in [0.25, 0.3) is 0 Å². The van der Waals surface area contributed by atoms with Gasteiger partial charge in [0, 0.05) is 55.0 Å². The van der Waals surface area contributed by atoms with Crippen LogP contribution in [0.1, 0.15) is 25.0 Å². The molecule has 14 rings (SSSR count). The van der Waals surface area contributed by atoms with E-state index >= 15 is 0 Å². The minimum absolute atomic E-state index is 0.148. The molecule has 1 aliphatic carbocycles. The number of para-hydroxylation sites is 3. The Morgan fingerprint density at radius 2 is 0.718 bits per heavy atom. The molecule has 5 heteroatoms. The van der Waals surface area contributed by atoms with Crippen LogP contribution < -0.4 is 0 Å². The second-order valence-electron chi connectivity index (χ2n) is 19.2. The Balaban J connectivity index is 0.874. The number of benzene rings is 10. The molecule has 334 valence electrons. The summed E-state index contributed by atoms with van der Waals surface area (Å²) in [6.07, 6.45) is 0. The van der Waals surface area contributed by atoms with Gasteiger partial charge in [-0.3, -0.25) is 0 Å². The largest absolute Gasteiger partial charge is 0.309 e. The standard InChI is InChI=1S/C66H45N5/c1-66(2)57-28-12-9-25-51(57)52-34-33-48(39-58(52)66)65-68-63(42-17-5-3-6-18-42)67-64(69-65)47-21-15-19-43(37-47)45-31-35-56-54-27-11-14-30-60(54)71(62(56)40-45)50-24-16-20-44(38-50)46-32-36-55-53-26-10-13-29-59(53)70(61(55)41-46)49-22-7-4-8-23-49/h3-41H,1-2H3. The van der Waals surface area contributed by atoms with Gasteiger partial charge in [0.1, 0.15) is 0 Å². The van der Waals surface area contributed by atoms with Gasteiger partial charge >= 0.3 is 0 Å². The van der Waals surface area contributed by atoms with Crippen LogP contribution in [-0.4, -0.2) is 24.1 Å². The van der Waals surface area contributed by atoms with Crippen molar-refractivity contribution in [2.75, 3.05) is 0 Å². The maximum Gasteiger partial charge on any atom is 0.164 e. The first-order chi connectivity index (χ1) is 34.9. The van der Waals surface area contributed by atoms with Crippen molar-refractivity contribution in [3.05, 3.63) is 248 Å². The zero-order valence-corrected chi connectivity index (χ0v) is 39.3. The van der Waals surface area contributed by atoms with Gasteiger partial charge in [0.2, 0.25) is 0 Å². The zero-order chi connectivity index (χ0) is 47.2. The maximum atomic E-state index is 5.24. The summed E-state index contributed by atoms with van der Waals surface area (Å²) in [6.45, 7) is 4.62. The molecule has 0 spiro atoms. The molecule has 3 aromatic heterocycles. The molecule has 13 aromatic rings. The van der Waals surface area contributed by atoms with Gasteiger partial charge in [-0.05, 0) is 105 Å². The predicted octanol–water partition coefficient (Wildman–Crippen LogP) is 16.7. The number of fused-ring (bicyclic) bond motifs is 9. The van der Waals surface area contributed by atoms with E-state index in [1.807, 2.05) is 18.2 Å². The van der Waals surface area contributed by atoms with E-state index in [2.05, 4.69) is 241 Å². The lowest BCUT2D eigenvalue weighted by Crippen LogP contribution is -2.15. The first kappa shape index (κ1) is 40.8. The van der Waals surface area contributed by atoms with Crippen LogP contribution in [-0.2, 0) is 5.41 Å². The fourth-order valence-corrected chi connectivity index (χ4v) is 11.3. The second kappa shape index (κ2) is 15.9. The molecule has 0 unspecified atom stereocenters. The fourth-order valence-electron chi connectivity index (χ4n) is 11.3. The van der Waals surface area contributed by atoms with Gasteiger partial charge in [0.05, 0.1) is 22.1 Å². The topological polar surface area (TPSA) is 48.5 Å². The predicted molar refractivity (Wildman–Crippen MR) is 293 cm³/mol. The lowest BCUT2D eigenvalue weighted by Gasteiger charge is -2.21. The zero-order valence-electron chi connectivity index (χ0n) is 39.3. The Labute approximate surface area is 411 Å². The van der Waals surface area contributed by atoms with E-state index in [-0.39, 0.29) is 5.41 Å². The first-order valence-electron chi connectivity index (χ1n) is 24.3. The Morgan fingerprint density at radius 3 is 1.39 bits per heavy atom. The first-order valence-corrected chi connectivity index (χ1v) is 24.3. The quantitative estimate of drug-likeness (QED) is 0.160. The molecule has 0 saturated heterocycles. The van der Waals surface area contributed by atoms with E-state index in [4.69, 9.17) is 15.0 Å². The molecule has 0 atom stereocenters. The molecular formula is C66H45N5. The minimum Gasteiger partial charge on any atom is -0.309 e. The minimum atomic E-state index is -0.148. The van der Waals surface area contributed by atoms with Gasteiger partial charge in [0.15, 0.2) is 17.5 Å².